The third kappa shape index (κ3) is 4.58. The van der Waals surface area contributed by atoms with E-state index in [0.29, 0.717) is 12.2 Å². The SMILES string of the molecule is COC[C@@H](C)n1c(C)cc(C(=O)COC(=O)c2ccc(Cl)cc2[N+](=O)[O-])c1C. The Labute approximate surface area is 167 Å². The van der Waals surface area contributed by atoms with Crippen LogP contribution in [0, 0.1) is 24.0 Å². The van der Waals surface area contributed by atoms with Gasteiger partial charge in [0.05, 0.1) is 17.6 Å². The summed E-state index contributed by atoms with van der Waals surface area (Å²) in [5.74, 6) is -1.35. The van der Waals surface area contributed by atoms with Crippen molar-refractivity contribution >= 4 is 29.0 Å². The molecule has 0 unspecified atom stereocenters. The number of nitrogens with zero attached hydrogens (tertiary/aromatic N) is 2. The number of Topliss-reactive ketones (excluding diaryl/α,β-unsaturated/α-hetero) is 1. The first kappa shape index (κ1) is 21.6. The van der Waals surface area contributed by atoms with Gasteiger partial charge in [-0.25, -0.2) is 4.79 Å². The quantitative estimate of drug-likeness (QED) is 0.284. The molecule has 0 saturated heterocycles. The maximum Gasteiger partial charge on any atom is 0.345 e. The number of esters is 1. The largest absolute Gasteiger partial charge is 0.454 e. The van der Waals surface area contributed by atoms with E-state index in [1.165, 1.54) is 12.1 Å². The van der Waals surface area contributed by atoms with Gasteiger partial charge in [0.25, 0.3) is 5.69 Å². The molecule has 0 radical (unpaired) electrons. The lowest BCUT2D eigenvalue weighted by Crippen LogP contribution is -2.17. The fourth-order valence-electron chi connectivity index (χ4n) is 3.17. The van der Waals surface area contributed by atoms with Gasteiger partial charge in [0.2, 0.25) is 5.78 Å². The van der Waals surface area contributed by atoms with E-state index in [0.717, 1.165) is 17.5 Å². The fraction of sp³-hybridized carbons (Fsp3) is 0.368. The van der Waals surface area contributed by atoms with Crippen molar-refractivity contribution in [2.75, 3.05) is 20.3 Å². The van der Waals surface area contributed by atoms with Gasteiger partial charge < -0.3 is 14.0 Å². The van der Waals surface area contributed by atoms with Gasteiger partial charge in [0, 0.05) is 35.2 Å². The van der Waals surface area contributed by atoms with Crippen LogP contribution in [-0.4, -0.2) is 41.6 Å². The lowest BCUT2D eigenvalue weighted by molar-refractivity contribution is -0.385. The Morgan fingerprint density at radius 2 is 1.93 bits per heavy atom. The summed E-state index contributed by atoms with van der Waals surface area (Å²) in [5.41, 5.74) is 1.31. The minimum atomic E-state index is -0.960. The van der Waals surface area contributed by atoms with E-state index < -0.39 is 29.0 Å². The van der Waals surface area contributed by atoms with Crippen molar-refractivity contribution < 1.29 is 24.0 Å². The molecule has 9 heteroatoms. The van der Waals surface area contributed by atoms with Crippen LogP contribution in [0.4, 0.5) is 5.69 Å². The molecule has 0 saturated carbocycles. The molecule has 0 aliphatic heterocycles. The minimum absolute atomic E-state index is 0.0332. The average Bonchev–Trinajstić information content (AvgIpc) is 2.93. The summed E-state index contributed by atoms with van der Waals surface area (Å²) in [4.78, 5) is 35.1. The molecule has 0 amide bonds. The lowest BCUT2D eigenvalue weighted by Gasteiger charge is -2.17. The third-order valence-electron chi connectivity index (χ3n) is 4.34. The fourth-order valence-corrected chi connectivity index (χ4v) is 3.33. The van der Waals surface area contributed by atoms with Gasteiger partial charge in [-0.2, -0.15) is 0 Å². The first-order valence-corrected chi connectivity index (χ1v) is 8.86. The first-order chi connectivity index (χ1) is 13.2. The van der Waals surface area contributed by atoms with Crippen molar-refractivity contribution in [2.45, 2.75) is 26.8 Å². The van der Waals surface area contributed by atoms with Crippen LogP contribution in [0.5, 0.6) is 0 Å². The number of aromatic nitrogens is 1. The number of aryl methyl sites for hydroxylation is 1. The maximum absolute atomic E-state index is 12.5. The van der Waals surface area contributed by atoms with Gasteiger partial charge in [-0.15, -0.1) is 0 Å². The Morgan fingerprint density at radius 3 is 2.54 bits per heavy atom. The molecule has 150 valence electrons. The molecule has 28 heavy (non-hydrogen) atoms. The number of ketones is 1. The number of carbonyl (C=O) groups is 2. The number of benzene rings is 1. The van der Waals surface area contributed by atoms with Gasteiger partial charge in [-0.1, -0.05) is 11.6 Å². The second kappa shape index (κ2) is 8.99. The molecule has 0 N–H and O–H groups in total. The second-order valence-corrected chi connectivity index (χ2v) is 6.81. The smallest absolute Gasteiger partial charge is 0.345 e. The molecule has 8 nitrogen and oxygen atoms in total. The molecule has 1 heterocycles. The number of methoxy groups -OCH3 is 1. The molecule has 1 aromatic carbocycles. The van der Waals surface area contributed by atoms with Crippen molar-refractivity contribution in [3.05, 3.63) is 61.9 Å². The molecule has 0 fully saturated rings. The van der Waals surface area contributed by atoms with Crippen molar-refractivity contribution in [2.24, 2.45) is 0 Å². The standard InChI is InChI=1S/C19H21ClN2O6/c1-11-7-16(13(3)21(11)12(2)9-27-4)18(23)10-28-19(24)15-6-5-14(20)8-17(15)22(25)26/h5-8,12H,9-10H2,1-4H3/t12-/m1/s1. The Bertz CT molecular complexity index is 921. The van der Waals surface area contributed by atoms with Crippen molar-refractivity contribution in [1.29, 1.82) is 0 Å². The number of rotatable bonds is 8. The highest BCUT2D eigenvalue weighted by atomic mass is 35.5. The monoisotopic (exact) mass is 408 g/mol. The highest BCUT2D eigenvalue weighted by Crippen LogP contribution is 2.25. The van der Waals surface area contributed by atoms with Crippen molar-refractivity contribution in [3.63, 3.8) is 0 Å². The van der Waals surface area contributed by atoms with Crippen LogP contribution in [0.25, 0.3) is 0 Å². The van der Waals surface area contributed by atoms with Crippen LogP contribution < -0.4 is 0 Å². The van der Waals surface area contributed by atoms with E-state index >= 15 is 0 Å². The topological polar surface area (TPSA) is 101 Å². The van der Waals surface area contributed by atoms with Crippen LogP contribution in [0.1, 0.15) is 45.1 Å². The summed E-state index contributed by atoms with van der Waals surface area (Å²) < 4.78 is 12.2. The number of hydrogen-bond donors (Lipinski definition) is 0. The van der Waals surface area contributed by atoms with E-state index in [4.69, 9.17) is 21.1 Å². The van der Waals surface area contributed by atoms with Crippen molar-refractivity contribution in [3.8, 4) is 0 Å². The van der Waals surface area contributed by atoms with Gasteiger partial charge in [0.1, 0.15) is 5.56 Å². The predicted octanol–water partition coefficient (Wildman–Crippen LogP) is 3.91. The molecule has 0 bridgehead atoms. The Balaban J connectivity index is 2.16. The Kier molecular flexibility index (Phi) is 6.93. The summed E-state index contributed by atoms with van der Waals surface area (Å²) in [7, 11) is 1.60. The normalized spacial score (nSPS) is 11.9. The van der Waals surface area contributed by atoms with Crippen LogP contribution in [0.15, 0.2) is 24.3 Å². The van der Waals surface area contributed by atoms with Gasteiger partial charge in [-0.05, 0) is 39.0 Å². The molecule has 1 atom stereocenters. The molecule has 0 aliphatic carbocycles. The van der Waals surface area contributed by atoms with E-state index in [1.807, 2.05) is 18.4 Å². The molecular formula is C19H21ClN2O6. The summed E-state index contributed by atoms with van der Waals surface area (Å²) in [6.45, 7) is 5.61. The van der Waals surface area contributed by atoms with Crippen molar-refractivity contribution in [1.82, 2.24) is 4.57 Å². The molecule has 0 aliphatic rings. The number of nitro groups is 1. The van der Waals surface area contributed by atoms with Gasteiger partial charge >= 0.3 is 5.97 Å². The van der Waals surface area contributed by atoms with E-state index in [9.17, 15) is 19.7 Å². The minimum Gasteiger partial charge on any atom is -0.454 e. The van der Waals surface area contributed by atoms with Crippen LogP contribution >= 0.6 is 11.6 Å². The Morgan fingerprint density at radius 1 is 1.25 bits per heavy atom. The number of hydrogen-bond acceptors (Lipinski definition) is 6. The van der Waals surface area contributed by atoms with Gasteiger partial charge in [-0.3, -0.25) is 14.9 Å². The molecule has 1 aromatic heterocycles. The second-order valence-electron chi connectivity index (χ2n) is 6.38. The highest BCUT2D eigenvalue weighted by molar-refractivity contribution is 6.31. The zero-order valence-electron chi connectivity index (χ0n) is 16.0. The van der Waals surface area contributed by atoms with E-state index in [1.54, 1.807) is 20.1 Å². The van der Waals surface area contributed by atoms with Crippen LogP contribution in [0.3, 0.4) is 0 Å². The average molecular weight is 409 g/mol. The molecule has 2 rings (SSSR count). The highest BCUT2D eigenvalue weighted by Gasteiger charge is 2.24. The number of carbonyl (C=O) groups excluding carboxylic acids is 2. The number of ether oxygens (including phenoxy) is 2. The molecule has 0 spiro atoms. The summed E-state index contributed by atoms with van der Waals surface area (Å²) in [6, 6.07) is 5.36. The van der Waals surface area contributed by atoms with E-state index in [2.05, 4.69) is 0 Å². The van der Waals surface area contributed by atoms with E-state index in [-0.39, 0.29) is 16.6 Å². The third-order valence-corrected chi connectivity index (χ3v) is 4.58. The zero-order valence-corrected chi connectivity index (χ0v) is 16.8. The van der Waals surface area contributed by atoms with Crippen LogP contribution in [-0.2, 0) is 9.47 Å². The lowest BCUT2D eigenvalue weighted by atomic mass is 10.1. The molecule has 2 aromatic rings. The number of nitro benzene ring substituents is 1. The summed E-state index contributed by atoms with van der Waals surface area (Å²) >= 11 is 5.73. The predicted molar refractivity (Wildman–Crippen MR) is 103 cm³/mol. The number of halogens is 1. The summed E-state index contributed by atoms with van der Waals surface area (Å²) in [6.07, 6.45) is 0. The van der Waals surface area contributed by atoms with Crippen LogP contribution in [0.2, 0.25) is 5.02 Å². The molecular weight excluding hydrogens is 388 g/mol. The maximum atomic E-state index is 12.5. The Hall–Kier alpha value is -2.71. The van der Waals surface area contributed by atoms with Gasteiger partial charge in [0.15, 0.2) is 6.61 Å². The zero-order chi connectivity index (χ0) is 21.0. The first-order valence-electron chi connectivity index (χ1n) is 8.49. The summed E-state index contributed by atoms with van der Waals surface area (Å²) in [5, 5.41) is 11.2.